The minimum Gasteiger partial charge on any atom is -0.393 e. The van der Waals surface area contributed by atoms with E-state index in [-0.39, 0.29) is 6.10 Å². The fourth-order valence-electron chi connectivity index (χ4n) is 4.28. The normalized spacial score (nSPS) is 29.6. The lowest BCUT2D eigenvalue weighted by Gasteiger charge is -2.28. The molecule has 26 heavy (non-hydrogen) atoms. The Morgan fingerprint density at radius 2 is 2.00 bits per heavy atom. The number of rotatable bonds is 5. The maximum atomic E-state index is 10.1. The average Bonchev–Trinajstić information content (AvgIpc) is 2.86. The molecular formula is C21H31N3O2. The van der Waals surface area contributed by atoms with E-state index in [1.807, 2.05) is 0 Å². The van der Waals surface area contributed by atoms with Crippen molar-refractivity contribution in [2.24, 2.45) is 5.92 Å². The van der Waals surface area contributed by atoms with E-state index in [4.69, 9.17) is 16.1 Å². The number of aliphatic hydroxyl groups is 1. The first-order valence-electron chi connectivity index (χ1n) is 9.97. The second kappa shape index (κ2) is 9.34. The van der Waals surface area contributed by atoms with Crippen LogP contribution in [0.1, 0.15) is 69.0 Å². The fraction of sp³-hybridized carbons (Fsp3) is 0.714. The number of nitrogens with zero attached hydrogens (tertiary/aromatic N) is 2. The third kappa shape index (κ3) is 5.18. The zero-order chi connectivity index (χ0) is 18.4. The van der Waals surface area contributed by atoms with Crippen LogP contribution in [-0.2, 0) is 11.2 Å². The molecule has 0 bridgehead atoms. The summed E-state index contributed by atoms with van der Waals surface area (Å²) >= 11 is 0. The van der Waals surface area contributed by atoms with Crippen molar-refractivity contribution < 1.29 is 9.84 Å². The first-order valence-corrected chi connectivity index (χ1v) is 9.97. The molecule has 0 amide bonds. The van der Waals surface area contributed by atoms with Gasteiger partial charge < -0.3 is 15.2 Å². The Bertz CT molecular complexity index is 620. The Morgan fingerprint density at radius 1 is 1.23 bits per heavy atom. The lowest BCUT2D eigenvalue weighted by Crippen LogP contribution is -2.30. The number of aliphatic hydroxyl groups excluding tert-OH is 1. The van der Waals surface area contributed by atoms with Gasteiger partial charge in [0.1, 0.15) is 0 Å². The van der Waals surface area contributed by atoms with Gasteiger partial charge in [-0.2, -0.15) is 0 Å². The summed E-state index contributed by atoms with van der Waals surface area (Å²) in [5.41, 5.74) is 1.71. The van der Waals surface area contributed by atoms with Crippen molar-refractivity contribution in [2.75, 3.05) is 12.4 Å². The van der Waals surface area contributed by atoms with Crippen LogP contribution in [0.3, 0.4) is 0 Å². The van der Waals surface area contributed by atoms with Gasteiger partial charge in [-0.1, -0.05) is 18.8 Å². The van der Waals surface area contributed by atoms with Gasteiger partial charge >= 0.3 is 0 Å². The van der Waals surface area contributed by atoms with E-state index in [0.717, 1.165) is 69.0 Å². The van der Waals surface area contributed by atoms with Crippen molar-refractivity contribution in [2.45, 2.75) is 82.5 Å². The highest BCUT2D eigenvalue weighted by Gasteiger charge is 2.23. The van der Waals surface area contributed by atoms with Crippen molar-refractivity contribution in [1.29, 1.82) is 0 Å². The quantitative estimate of drug-likeness (QED) is 0.625. The Hall–Kier alpha value is -1.64. The minimum absolute atomic E-state index is 0.188. The lowest BCUT2D eigenvalue weighted by atomic mass is 9.92. The number of nitrogens with one attached hydrogen (secondary N) is 1. The molecule has 142 valence electrons. The summed E-state index contributed by atoms with van der Waals surface area (Å²) in [6, 6.07) is 0.394. The number of methoxy groups -OCH3 is 1. The van der Waals surface area contributed by atoms with Gasteiger partial charge in [0.15, 0.2) is 0 Å². The zero-order valence-corrected chi connectivity index (χ0v) is 15.8. The Balaban J connectivity index is 1.65. The molecule has 5 nitrogen and oxygen atoms in total. The number of anilines is 1. The van der Waals surface area contributed by atoms with Gasteiger partial charge in [-0.3, -0.25) is 0 Å². The van der Waals surface area contributed by atoms with E-state index >= 15 is 0 Å². The van der Waals surface area contributed by atoms with E-state index in [2.05, 4.69) is 16.2 Å². The zero-order valence-electron chi connectivity index (χ0n) is 15.8. The molecule has 2 aliphatic rings. The highest BCUT2D eigenvalue weighted by molar-refractivity contribution is 5.39. The summed E-state index contributed by atoms with van der Waals surface area (Å²) < 4.78 is 5.44. The third-order valence-electron chi connectivity index (χ3n) is 5.85. The molecule has 2 atom stereocenters. The molecule has 1 heterocycles. The molecule has 0 saturated heterocycles. The van der Waals surface area contributed by atoms with Crippen LogP contribution in [0.25, 0.3) is 0 Å². The maximum absolute atomic E-state index is 10.1. The highest BCUT2D eigenvalue weighted by atomic mass is 16.5. The molecule has 0 aliphatic heterocycles. The summed E-state index contributed by atoms with van der Waals surface area (Å²) in [5, 5.41) is 13.6. The van der Waals surface area contributed by atoms with E-state index in [0.29, 0.717) is 24.0 Å². The summed E-state index contributed by atoms with van der Waals surface area (Å²) in [7, 11) is 1.79. The minimum atomic E-state index is -0.188. The van der Waals surface area contributed by atoms with Gasteiger partial charge in [0.05, 0.1) is 23.5 Å². The molecule has 2 fully saturated rings. The van der Waals surface area contributed by atoms with E-state index in [1.54, 1.807) is 13.3 Å². The number of aromatic nitrogens is 2. The van der Waals surface area contributed by atoms with Crippen molar-refractivity contribution in [3.05, 3.63) is 17.5 Å². The first kappa shape index (κ1) is 19.1. The first-order chi connectivity index (χ1) is 12.7. The molecule has 1 aromatic heterocycles. The molecule has 2 N–H and O–H groups in total. The second-order valence-corrected chi connectivity index (χ2v) is 7.80. The summed E-state index contributed by atoms with van der Waals surface area (Å²) in [5.74, 6) is 3.84. The van der Waals surface area contributed by atoms with Gasteiger partial charge in [-0.05, 0) is 57.3 Å². The average molecular weight is 357 g/mol. The standard InChI is InChI=1S/C21H31N3O2/c1-3-16-14-22-21(23-17-8-10-19(26-2)11-9-17)24-20(16)13-15-6-4-5-7-18(25)12-15/h1,14-15,17-19,25H,4-13H2,2H3,(H,22,23,24)/t15-,17?,18+,19?/m1/s1. The van der Waals surface area contributed by atoms with Crippen LogP contribution in [0.15, 0.2) is 6.20 Å². The summed E-state index contributed by atoms with van der Waals surface area (Å²) in [6.45, 7) is 0. The monoisotopic (exact) mass is 357 g/mol. The Labute approximate surface area is 157 Å². The lowest BCUT2D eigenvalue weighted by molar-refractivity contribution is 0.0681. The molecule has 1 aromatic rings. The molecular weight excluding hydrogens is 326 g/mol. The van der Waals surface area contributed by atoms with Crippen LogP contribution in [0.5, 0.6) is 0 Å². The maximum Gasteiger partial charge on any atom is 0.223 e. The van der Waals surface area contributed by atoms with Gasteiger partial charge in [-0.15, -0.1) is 6.42 Å². The molecule has 2 aliphatic carbocycles. The summed E-state index contributed by atoms with van der Waals surface area (Å²) in [4.78, 5) is 9.17. The summed E-state index contributed by atoms with van der Waals surface area (Å²) in [6.07, 6.45) is 17.9. The number of hydrogen-bond acceptors (Lipinski definition) is 5. The number of terminal acetylenes is 1. The van der Waals surface area contributed by atoms with Crippen LogP contribution in [0, 0.1) is 18.3 Å². The van der Waals surface area contributed by atoms with Crippen LogP contribution < -0.4 is 5.32 Å². The van der Waals surface area contributed by atoms with Crippen molar-refractivity contribution in [3.8, 4) is 12.3 Å². The third-order valence-corrected chi connectivity index (χ3v) is 5.85. The second-order valence-electron chi connectivity index (χ2n) is 7.80. The van der Waals surface area contributed by atoms with Crippen LogP contribution in [-0.4, -0.2) is 40.4 Å². The predicted octanol–water partition coefficient (Wildman–Crippen LogP) is 3.31. The van der Waals surface area contributed by atoms with Gasteiger partial charge in [-0.25, -0.2) is 9.97 Å². The van der Waals surface area contributed by atoms with Gasteiger partial charge in [0.25, 0.3) is 0 Å². The Morgan fingerprint density at radius 3 is 2.73 bits per heavy atom. The smallest absolute Gasteiger partial charge is 0.223 e. The molecule has 0 spiro atoms. The van der Waals surface area contributed by atoms with E-state index in [1.165, 1.54) is 6.42 Å². The fourth-order valence-corrected chi connectivity index (χ4v) is 4.28. The molecule has 3 rings (SSSR count). The van der Waals surface area contributed by atoms with Crippen molar-refractivity contribution in [3.63, 3.8) is 0 Å². The van der Waals surface area contributed by atoms with Crippen LogP contribution in [0.2, 0.25) is 0 Å². The molecule has 5 heteroatoms. The van der Waals surface area contributed by atoms with Crippen LogP contribution >= 0.6 is 0 Å². The van der Waals surface area contributed by atoms with Gasteiger partial charge in [0, 0.05) is 19.3 Å². The number of hydrogen-bond donors (Lipinski definition) is 2. The molecule has 0 radical (unpaired) electrons. The highest BCUT2D eigenvalue weighted by Crippen LogP contribution is 2.27. The van der Waals surface area contributed by atoms with Crippen molar-refractivity contribution in [1.82, 2.24) is 9.97 Å². The SMILES string of the molecule is C#Cc1cnc(NC2CCC(OC)CC2)nc1C[C@@H]1CCCC[C@H](O)C1. The van der Waals surface area contributed by atoms with Crippen molar-refractivity contribution >= 4 is 5.95 Å². The van der Waals surface area contributed by atoms with Crippen LogP contribution in [0.4, 0.5) is 5.95 Å². The van der Waals surface area contributed by atoms with E-state index in [9.17, 15) is 5.11 Å². The molecule has 2 saturated carbocycles. The molecule has 0 unspecified atom stereocenters. The topological polar surface area (TPSA) is 67.3 Å². The van der Waals surface area contributed by atoms with Gasteiger partial charge in [0.2, 0.25) is 5.95 Å². The van der Waals surface area contributed by atoms with E-state index < -0.39 is 0 Å². The Kier molecular flexibility index (Phi) is 6.87. The predicted molar refractivity (Wildman–Crippen MR) is 103 cm³/mol. The molecule has 0 aromatic carbocycles. The number of ether oxygens (including phenoxy) is 1. The largest absolute Gasteiger partial charge is 0.393 e.